The lowest BCUT2D eigenvalue weighted by atomic mass is 10.0. The summed E-state index contributed by atoms with van der Waals surface area (Å²) in [5, 5.41) is 13.5. The van der Waals surface area contributed by atoms with Crippen molar-refractivity contribution in [3.05, 3.63) is 41.7 Å². The molecule has 100 valence electrons. The maximum atomic E-state index is 12.0. The van der Waals surface area contributed by atoms with Gasteiger partial charge in [0.05, 0.1) is 6.61 Å². The van der Waals surface area contributed by atoms with Crippen LogP contribution in [0.5, 0.6) is 0 Å². The molecule has 0 aliphatic heterocycles. The Morgan fingerprint density at radius 1 is 1.42 bits per heavy atom. The van der Waals surface area contributed by atoms with E-state index in [2.05, 4.69) is 5.16 Å². The molecule has 19 heavy (non-hydrogen) atoms. The predicted molar refractivity (Wildman–Crippen MR) is 68.5 cm³/mol. The summed E-state index contributed by atoms with van der Waals surface area (Å²) in [4.78, 5) is 12.0. The molecule has 0 radical (unpaired) electrons. The van der Waals surface area contributed by atoms with Crippen LogP contribution in [0.3, 0.4) is 0 Å². The normalized spacial score (nSPS) is 12.2. The maximum Gasteiger partial charge on any atom is 0.344 e. The van der Waals surface area contributed by atoms with E-state index >= 15 is 0 Å². The Kier molecular flexibility index (Phi) is 3.97. The lowest BCUT2D eigenvalue weighted by Gasteiger charge is -2.05. The molecule has 0 saturated heterocycles. The first kappa shape index (κ1) is 13.3. The molecule has 1 atom stereocenters. The van der Waals surface area contributed by atoms with Gasteiger partial charge in [-0.25, -0.2) is 4.79 Å². The third kappa shape index (κ3) is 2.66. The number of hydrogen-bond donors (Lipinski definition) is 1. The van der Waals surface area contributed by atoms with Crippen LogP contribution < -0.4 is 0 Å². The molecule has 0 fully saturated rings. The van der Waals surface area contributed by atoms with Crippen molar-refractivity contribution in [3.63, 3.8) is 0 Å². The van der Waals surface area contributed by atoms with Gasteiger partial charge in [0.1, 0.15) is 17.4 Å². The quantitative estimate of drug-likeness (QED) is 0.856. The Bertz CT molecular complexity index is 560. The molecule has 0 amide bonds. The van der Waals surface area contributed by atoms with E-state index in [1.807, 2.05) is 30.3 Å². The minimum absolute atomic E-state index is 0.123. The van der Waals surface area contributed by atoms with E-state index in [4.69, 9.17) is 9.26 Å². The van der Waals surface area contributed by atoms with Gasteiger partial charge in [-0.05, 0) is 13.8 Å². The second-order valence-corrected chi connectivity index (χ2v) is 4.03. The summed E-state index contributed by atoms with van der Waals surface area (Å²) in [6, 6.07) is 9.16. The third-order valence-corrected chi connectivity index (χ3v) is 2.62. The van der Waals surface area contributed by atoms with Crippen LogP contribution in [0.25, 0.3) is 11.3 Å². The summed E-state index contributed by atoms with van der Waals surface area (Å²) < 4.78 is 10.1. The first-order valence-electron chi connectivity index (χ1n) is 6.05. The molecular weight excluding hydrogens is 246 g/mol. The number of aliphatic hydroxyl groups is 1. The first-order valence-corrected chi connectivity index (χ1v) is 6.05. The Morgan fingerprint density at radius 3 is 2.68 bits per heavy atom. The van der Waals surface area contributed by atoms with E-state index in [-0.39, 0.29) is 17.9 Å². The molecule has 1 N–H and O–H groups in total. The number of hydrogen-bond acceptors (Lipinski definition) is 5. The van der Waals surface area contributed by atoms with Crippen molar-refractivity contribution in [2.75, 3.05) is 6.61 Å². The van der Waals surface area contributed by atoms with Gasteiger partial charge in [0.2, 0.25) is 0 Å². The first-order chi connectivity index (χ1) is 9.15. The maximum absolute atomic E-state index is 12.0. The summed E-state index contributed by atoms with van der Waals surface area (Å²) in [7, 11) is 0. The van der Waals surface area contributed by atoms with Crippen molar-refractivity contribution in [1.82, 2.24) is 5.16 Å². The van der Waals surface area contributed by atoms with Gasteiger partial charge in [0.25, 0.3) is 0 Å². The third-order valence-electron chi connectivity index (χ3n) is 2.62. The zero-order chi connectivity index (χ0) is 13.8. The Labute approximate surface area is 110 Å². The van der Waals surface area contributed by atoms with Crippen molar-refractivity contribution < 1.29 is 19.2 Å². The number of benzene rings is 1. The standard InChI is InChI=1S/C14H15NO4/c1-3-18-14(17)11-12(10-7-5-4-6-8-10)15-19-13(11)9(2)16/h4-9,16H,3H2,1-2H3. The fourth-order valence-corrected chi connectivity index (χ4v) is 1.78. The van der Waals surface area contributed by atoms with Crippen molar-refractivity contribution in [3.8, 4) is 11.3 Å². The second kappa shape index (κ2) is 5.67. The molecule has 5 heteroatoms. The highest BCUT2D eigenvalue weighted by atomic mass is 16.5. The van der Waals surface area contributed by atoms with Crippen molar-refractivity contribution in [1.29, 1.82) is 0 Å². The highest BCUT2D eigenvalue weighted by molar-refractivity contribution is 5.97. The van der Waals surface area contributed by atoms with E-state index in [9.17, 15) is 9.90 Å². The highest BCUT2D eigenvalue weighted by Gasteiger charge is 2.27. The monoisotopic (exact) mass is 261 g/mol. The number of carbonyl (C=O) groups is 1. The van der Waals surface area contributed by atoms with Crippen LogP contribution in [0, 0.1) is 0 Å². The molecule has 0 spiro atoms. The number of nitrogens with zero attached hydrogens (tertiary/aromatic N) is 1. The van der Waals surface area contributed by atoms with E-state index in [1.54, 1.807) is 6.92 Å². The van der Waals surface area contributed by atoms with Crippen LogP contribution in [0.1, 0.15) is 36.1 Å². The van der Waals surface area contributed by atoms with Crippen molar-refractivity contribution >= 4 is 5.97 Å². The summed E-state index contributed by atoms with van der Waals surface area (Å²) >= 11 is 0. The number of ether oxygens (including phenoxy) is 1. The van der Waals surface area contributed by atoms with Crippen molar-refractivity contribution in [2.24, 2.45) is 0 Å². The molecular formula is C14H15NO4. The predicted octanol–water partition coefficient (Wildman–Crippen LogP) is 2.57. The summed E-state index contributed by atoms with van der Waals surface area (Å²) in [5.41, 5.74) is 1.30. The molecule has 2 aromatic rings. The largest absolute Gasteiger partial charge is 0.462 e. The number of aliphatic hydroxyl groups excluding tert-OH is 1. The van der Waals surface area contributed by atoms with E-state index in [1.165, 1.54) is 6.92 Å². The molecule has 0 bridgehead atoms. The van der Waals surface area contributed by atoms with Gasteiger partial charge in [0, 0.05) is 5.56 Å². The molecule has 1 aromatic carbocycles. The number of aromatic nitrogens is 1. The molecule has 1 aromatic heterocycles. The average molecular weight is 261 g/mol. The van der Waals surface area contributed by atoms with Gasteiger partial charge in [-0.1, -0.05) is 35.5 Å². The summed E-state index contributed by atoms with van der Waals surface area (Å²) in [5.74, 6) is -0.421. The Morgan fingerprint density at radius 2 is 2.11 bits per heavy atom. The molecule has 1 unspecified atom stereocenters. The van der Waals surface area contributed by atoms with Gasteiger partial charge >= 0.3 is 5.97 Å². The number of esters is 1. The number of carbonyl (C=O) groups excluding carboxylic acids is 1. The van der Waals surface area contributed by atoms with E-state index in [0.717, 1.165) is 5.56 Å². The van der Waals surface area contributed by atoms with Crippen LogP contribution in [0.15, 0.2) is 34.9 Å². The fourth-order valence-electron chi connectivity index (χ4n) is 1.78. The Balaban J connectivity index is 2.53. The average Bonchev–Trinajstić information content (AvgIpc) is 2.85. The zero-order valence-electron chi connectivity index (χ0n) is 10.8. The van der Waals surface area contributed by atoms with Gasteiger partial charge < -0.3 is 14.4 Å². The van der Waals surface area contributed by atoms with Gasteiger partial charge in [-0.2, -0.15) is 0 Å². The van der Waals surface area contributed by atoms with E-state index in [0.29, 0.717) is 5.69 Å². The van der Waals surface area contributed by atoms with Crippen LogP contribution in [0.4, 0.5) is 0 Å². The van der Waals surface area contributed by atoms with Gasteiger partial charge in [0.15, 0.2) is 5.76 Å². The van der Waals surface area contributed by atoms with Crippen LogP contribution >= 0.6 is 0 Å². The Hall–Kier alpha value is -2.14. The summed E-state index contributed by atoms with van der Waals surface area (Å²) in [6.45, 7) is 3.48. The number of rotatable bonds is 4. The fraction of sp³-hybridized carbons (Fsp3) is 0.286. The van der Waals surface area contributed by atoms with Crippen molar-refractivity contribution in [2.45, 2.75) is 20.0 Å². The molecule has 5 nitrogen and oxygen atoms in total. The van der Waals surface area contributed by atoms with E-state index < -0.39 is 12.1 Å². The molecule has 0 aliphatic rings. The minimum atomic E-state index is -0.927. The van der Waals surface area contributed by atoms with Gasteiger partial charge in [-0.3, -0.25) is 0 Å². The lowest BCUT2D eigenvalue weighted by molar-refractivity contribution is 0.0516. The molecule has 0 aliphatic carbocycles. The van der Waals surface area contributed by atoms with Gasteiger partial charge in [-0.15, -0.1) is 0 Å². The SMILES string of the molecule is CCOC(=O)c1c(-c2ccccc2)noc1C(C)O. The second-order valence-electron chi connectivity index (χ2n) is 4.03. The molecule has 2 rings (SSSR count). The van der Waals surface area contributed by atoms with Crippen LogP contribution in [0.2, 0.25) is 0 Å². The highest BCUT2D eigenvalue weighted by Crippen LogP contribution is 2.29. The smallest absolute Gasteiger partial charge is 0.344 e. The zero-order valence-corrected chi connectivity index (χ0v) is 10.8. The molecule has 0 saturated carbocycles. The lowest BCUT2D eigenvalue weighted by Crippen LogP contribution is -2.09. The van der Waals surface area contributed by atoms with Crippen LogP contribution in [-0.2, 0) is 4.74 Å². The topological polar surface area (TPSA) is 72.6 Å². The molecule has 1 heterocycles. The van der Waals surface area contributed by atoms with Crippen LogP contribution in [-0.4, -0.2) is 22.8 Å². The summed E-state index contributed by atoms with van der Waals surface area (Å²) in [6.07, 6.45) is -0.927. The minimum Gasteiger partial charge on any atom is -0.462 e.